The van der Waals surface area contributed by atoms with Crippen LogP contribution in [0.2, 0.25) is 0 Å². The minimum Gasteiger partial charge on any atom is -0.480 e. The first-order valence-electron chi connectivity index (χ1n) is 9.02. The molecule has 0 aliphatic carbocycles. The van der Waals surface area contributed by atoms with Crippen LogP contribution in [0.15, 0.2) is 12.1 Å². The molecule has 11 nitrogen and oxygen atoms in total. The molecule has 1 saturated heterocycles. The molecule has 0 radical (unpaired) electrons. The first kappa shape index (κ1) is 22.1. The standard InChI is InChI=1S/C18H24N4O7/c1-5-11-9-18(14(24)25,13(23)22(11)16(27)28)8-10-6-7-12(21-20-10)19-15(26)29-17(2,3)4/h6-7,11H,5,8-9H2,1-4H3,(H,24,25)(H,27,28)(H,19,21,26)/t11-,18?/m1/s1. The quantitative estimate of drug-likeness (QED) is 0.620. The molecule has 0 spiro atoms. The summed E-state index contributed by atoms with van der Waals surface area (Å²) in [4.78, 5) is 48.4. The van der Waals surface area contributed by atoms with Gasteiger partial charge in [0.2, 0.25) is 5.91 Å². The number of hydrogen-bond acceptors (Lipinski definition) is 7. The van der Waals surface area contributed by atoms with Crippen LogP contribution in [0.25, 0.3) is 0 Å². The predicted octanol–water partition coefficient (Wildman–Crippen LogP) is 2.13. The summed E-state index contributed by atoms with van der Waals surface area (Å²) < 4.78 is 5.10. The largest absolute Gasteiger partial charge is 0.480 e. The van der Waals surface area contributed by atoms with Crippen molar-refractivity contribution in [2.24, 2.45) is 5.41 Å². The van der Waals surface area contributed by atoms with Crippen molar-refractivity contribution >= 4 is 29.9 Å². The topological polar surface area (TPSA) is 159 Å². The third-order valence-electron chi connectivity index (χ3n) is 4.50. The molecule has 29 heavy (non-hydrogen) atoms. The van der Waals surface area contributed by atoms with Crippen LogP contribution in [-0.4, -0.2) is 61.0 Å². The average molecular weight is 408 g/mol. The van der Waals surface area contributed by atoms with Crippen LogP contribution in [0.5, 0.6) is 0 Å². The van der Waals surface area contributed by atoms with Gasteiger partial charge in [0.05, 0.1) is 5.69 Å². The van der Waals surface area contributed by atoms with Crippen LogP contribution in [0.3, 0.4) is 0 Å². The van der Waals surface area contributed by atoms with Gasteiger partial charge >= 0.3 is 18.2 Å². The van der Waals surface area contributed by atoms with Crippen molar-refractivity contribution in [3.05, 3.63) is 17.8 Å². The molecule has 158 valence electrons. The number of aromatic nitrogens is 2. The van der Waals surface area contributed by atoms with Gasteiger partial charge in [0.25, 0.3) is 0 Å². The minimum absolute atomic E-state index is 0.0868. The van der Waals surface area contributed by atoms with Crippen molar-refractivity contribution in [3.63, 3.8) is 0 Å². The Kier molecular flexibility index (Phi) is 6.10. The summed E-state index contributed by atoms with van der Waals surface area (Å²) in [6.45, 7) is 6.79. The summed E-state index contributed by atoms with van der Waals surface area (Å²) >= 11 is 0. The van der Waals surface area contributed by atoms with Crippen molar-refractivity contribution in [2.45, 2.75) is 58.6 Å². The number of nitrogens with one attached hydrogen (secondary N) is 1. The smallest absolute Gasteiger partial charge is 0.414 e. The molecule has 1 aromatic rings. The lowest BCUT2D eigenvalue weighted by atomic mass is 9.80. The Morgan fingerprint density at radius 3 is 2.34 bits per heavy atom. The van der Waals surface area contributed by atoms with Crippen LogP contribution in [-0.2, 0) is 20.7 Å². The van der Waals surface area contributed by atoms with Crippen LogP contribution in [0.1, 0.15) is 46.2 Å². The highest BCUT2D eigenvalue weighted by atomic mass is 16.6. The number of amides is 3. The number of carbonyl (C=O) groups is 4. The van der Waals surface area contributed by atoms with Crippen molar-refractivity contribution in [1.29, 1.82) is 0 Å². The average Bonchev–Trinajstić information content (AvgIpc) is 2.88. The first-order chi connectivity index (χ1) is 13.4. The third-order valence-corrected chi connectivity index (χ3v) is 4.50. The Morgan fingerprint density at radius 1 is 1.28 bits per heavy atom. The first-order valence-corrected chi connectivity index (χ1v) is 9.02. The van der Waals surface area contributed by atoms with Crippen molar-refractivity contribution in [2.75, 3.05) is 5.32 Å². The molecule has 1 aromatic heterocycles. The predicted molar refractivity (Wildman–Crippen MR) is 99.2 cm³/mol. The molecular weight excluding hydrogens is 384 g/mol. The Morgan fingerprint density at radius 2 is 1.93 bits per heavy atom. The number of imide groups is 1. The van der Waals surface area contributed by atoms with Gasteiger partial charge in [-0.25, -0.2) is 14.5 Å². The van der Waals surface area contributed by atoms with E-state index in [4.69, 9.17) is 4.74 Å². The number of anilines is 1. The second-order valence-corrected chi connectivity index (χ2v) is 7.82. The maximum absolute atomic E-state index is 12.7. The molecule has 2 atom stereocenters. The Hall–Kier alpha value is -3.24. The zero-order valence-corrected chi connectivity index (χ0v) is 16.6. The van der Waals surface area contributed by atoms with Gasteiger partial charge in [0, 0.05) is 12.5 Å². The van der Waals surface area contributed by atoms with E-state index < -0.39 is 41.1 Å². The van der Waals surface area contributed by atoms with Gasteiger partial charge in [-0.1, -0.05) is 6.92 Å². The Bertz CT molecular complexity index is 818. The zero-order chi connectivity index (χ0) is 22.0. The molecular formula is C18H24N4O7. The number of aliphatic carboxylic acids is 1. The van der Waals surface area contributed by atoms with Crippen LogP contribution in [0.4, 0.5) is 15.4 Å². The molecule has 0 saturated carbocycles. The lowest BCUT2D eigenvalue weighted by molar-refractivity contribution is -0.155. The summed E-state index contributed by atoms with van der Waals surface area (Å²) in [6.07, 6.45) is -2.37. The zero-order valence-electron chi connectivity index (χ0n) is 16.6. The molecule has 2 heterocycles. The molecule has 1 fully saturated rings. The molecule has 3 amide bonds. The van der Waals surface area contributed by atoms with Gasteiger partial charge in [-0.3, -0.25) is 14.9 Å². The molecule has 2 rings (SSSR count). The third kappa shape index (κ3) is 4.79. The number of rotatable bonds is 5. The van der Waals surface area contributed by atoms with E-state index in [1.54, 1.807) is 27.7 Å². The Labute approximate surface area is 167 Å². The van der Waals surface area contributed by atoms with Gasteiger partial charge in [-0.15, -0.1) is 5.10 Å². The van der Waals surface area contributed by atoms with Crippen LogP contribution < -0.4 is 5.32 Å². The van der Waals surface area contributed by atoms with Crippen molar-refractivity contribution in [1.82, 2.24) is 15.1 Å². The monoisotopic (exact) mass is 408 g/mol. The van der Waals surface area contributed by atoms with E-state index in [2.05, 4.69) is 15.5 Å². The van der Waals surface area contributed by atoms with Gasteiger partial charge in [0.1, 0.15) is 5.60 Å². The highest BCUT2D eigenvalue weighted by Crippen LogP contribution is 2.40. The van der Waals surface area contributed by atoms with Crippen molar-refractivity contribution < 1.29 is 34.1 Å². The Balaban J connectivity index is 2.20. The highest BCUT2D eigenvalue weighted by molar-refractivity contribution is 6.09. The number of likely N-dealkylation sites (tertiary alicyclic amines) is 1. The fourth-order valence-corrected chi connectivity index (χ4v) is 3.19. The summed E-state index contributed by atoms with van der Waals surface area (Å²) in [5.41, 5.74) is -2.45. The van der Waals surface area contributed by atoms with Gasteiger partial charge in [-0.2, -0.15) is 5.10 Å². The van der Waals surface area contributed by atoms with E-state index in [0.29, 0.717) is 11.3 Å². The number of hydrogen-bond donors (Lipinski definition) is 3. The summed E-state index contributed by atoms with van der Waals surface area (Å²) in [5, 5.41) is 29.1. The number of carboxylic acid groups (broad SMARTS) is 2. The van der Waals surface area contributed by atoms with Gasteiger partial charge in [-0.05, 0) is 45.7 Å². The molecule has 0 bridgehead atoms. The van der Waals surface area contributed by atoms with Crippen molar-refractivity contribution in [3.8, 4) is 0 Å². The number of ether oxygens (including phenoxy) is 1. The SMILES string of the molecule is CC[C@@H]1CC(Cc2ccc(NC(=O)OC(C)(C)C)nn2)(C(=O)O)C(=O)N1C(=O)O. The number of carbonyl (C=O) groups excluding carboxylic acids is 2. The molecule has 11 heteroatoms. The second kappa shape index (κ2) is 8.02. The minimum atomic E-state index is -1.94. The summed E-state index contributed by atoms with van der Waals surface area (Å²) in [6, 6.07) is 2.09. The van der Waals surface area contributed by atoms with E-state index in [9.17, 15) is 29.4 Å². The lowest BCUT2D eigenvalue weighted by Crippen LogP contribution is -2.44. The maximum Gasteiger partial charge on any atom is 0.414 e. The van der Waals surface area contributed by atoms with E-state index in [0.717, 1.165) is 0 Å². The van der Waals surface area contributed by atoms with E-state index in [1.807, 2.05) is 0 Å². The fraction of sp³-hybridized carbons (Fsp3) is 0.556. The lowest BCUT2D eigenvalue weighted by Gasteiger charge is -2.21. The fourth-order valence-electron chi connectivity index (χ4n) is 3.19. The molecule has 3 N–H and O–H groups in total. The molecule has 0 aromatic carbocycles. The van der Waals surface area contributed by atoms with E-state index in [1.165, 1.54) is 12.1 Å². The molecule has 1 unspecified atom stereocenters. The molecule has 1 aliphatic heterocycles. The van der Waals surface area contributed by atoms with Crippen LogP contribution >= 0.6 is 0 Å². The van der Waals surface area contributed by atoms with Crippen LogP contribution in [0, 0.1) is 5.41 Å². The number of carboxylic acids is 1. The highest BCUT2D eigenvalue weighted by Gasteiger charge is 2.58. The summed E-state index contributed by atoms with van der Waals surface area (Å²) in [5.74, 6) is -2.31. The maximum atomic E-state index is 12.7. The summed E-state index contributed by atoms with van der Waals surface area (Å²) in [7, 11) is 0. The number of nitrogens with zero attached hydrogens (tertiary/aromatic N) is 3. The van der Waals surface area contributed by atoms with Gasteiger partial charge in [0.15, 0.2) is 11.2 Å². The van der Waals surface area contributed by atoms with E-state index in [-0.39, 0.29) is 24.4 Å². The molecule has 1 aliphatic rings. The van der Waals surface area contributed by atoms with E-state index >= 15 is 0 Å². The van der Waals surface area contributed by atoms with Gasteiger partial charge < -0.3 is 14.9 Å². The second-order valence-electron chi connectivity index (χ2n) is 7.82. The normalized spacial score (nSPS) is 21.7.